The lowest BCUT2D eigenvalue weighted by molar-refractivity contribution is 0.0508. The standard InChI is InChI=1S/C12H19N3O3/c1-3-18-12(16)11-10(14-8(2)15(11)13)9-4-6-17-7-5-9/h9H,3-7,13H2,1-2H3. The maximum atomic E-state index is 11.9. The predicted molar refractivity (Wildman–Crippen MR) is 65.9 cm³/mol. The van der Waals surface area contributed by atoms with Gasteiger partial charge in [0.15, 0.2) is 5.69 Å². The Morgan fingerprint density at radius 1 is 1.56 bits per heavy atom. The van der Waals surface area contributed by atoms with Gasteiger partial charge in [-0.25, -0.2) is 14.5 Å². The van der Waals surface area contributed by atoms with E-state index in [0.717, 1.165) is 18.5 Å². The molecule has 0 unspecified atom stereocenters. The van der Waals surface area contributed by atoms with Crippen LogP contribution in [0, 0.1) is 6.92 Å². The first-order valence-corrected chi connectivity index (χ1v) is 6.24. The fourth-order valence-corrected chi connectivity index (χ4v) is 2.22. The summed E-state index contributed by atoms with van der Waals surface area (Å²) >= 11 is 0. The van der Waals surface area contributed by atoms with Gasteiger partial charge in [-0.1, -0.05) is 0 Å². The highest BCUT2D eigenvalue weighted by Crippen LogP contribution is 2.29. The smallest absolute Gasteiger partial charge is 0.358 e. The van der Waals surface area contributed by atoms with Crippen molar-refractivity contribution in [2.24, 2.45) is 0 Å². The highest BCUT2D eigenvalue weighted by molar-refractivity contribution is 5.89. The Balaban J connectivity index is 2.33. The van der Waals surface area contributed by atoms with E-state index in [0.29, 0.717) is 31.3 Å². The molecule has 0 bridgehead atoms. The van der Waals surface area contributed by atoms with Crippen LogP contribution in [0.25, 0.3) is 0 Å². The van der Waals surface area contributed by atoms with E-state index in [9.17, 15) is 4.79 Å². The molecule has 100 valence electrons. The maximum absolute atomic E-state index is 11.9. The van der Waals surface area contributed by atoms with Gasteiger partial charge in [-0.15, -0.1) is 0 Å². The third-order valence-electron chi connectivity index (χ3n) is 3.19. The van der Waals surface area contributed by atoms with Crippen LogP contribution in [0.15, 0.2) is 0 Å². The number of nitrogens with two attached hydrogens (primary N) is 1. The minimum atomic E-state index is -0.401. The summed E-state index contributed by atoms with van der Waals surface area (Å²) in [6.07, 6.45) is 1.73. The van der Waals surface area contributed by atoms with Crippen molar-refractivity contribution in [3.05, 3.63) is 17.2 Å². The SMILES string of the molecule is CCOC(=O)c1c(C2CCOCC2)nc(C)n1N. The second kappa shape index (κ2) is 5.39. The van der Waals surface area contributed by atoms with Gasteiger partial charge < -0.3 is 15.3 Å². The van der Waals surface area contributed by atoms with Gasteiger partial charge in [0.1, 0.15) is 5.82 Å². The van der Waals surface area contributed by atoms with Crippen LogP contribution < -0.4 is 5.84 Å². The first-order chi connectivity index (χ1) is 8.65. The highest BCUT2D eigenvalue weighted by atomic mass is 16.5. The van der Waals surface area contributed by atoms with Gasteiger partial charge in [0, 0.05) is 19.1 Å². The molecule has 2 rings (SSSR count). The number of hydrogen-bond acceptors (Lipinski definition) is 5. The van der Waals surface area contributed by atoms with Crippen LogP contribution in [-0.2, 0) is 9.47 Å². The molecule has 18 heavy (non-hydrogen) atoms. The molecule has 0 amide bonds. The molecule has 1 aromatic rings. The van der Waals surface area contributed by atoms with Gasteiger partial charge in [-0.3, -0.25) is 0 Å². The quantitative estimate of drug-likeness (QED) is 0.641. The first kappa shape index (κ1) is 12.9. The molecule has 1 fully saturated rings. The Bertz CT molecular complexity index is 436. The van der Waals surface area contributed by atoms with Gasteiger partial charge >= 0.3 is 5.97 Å². The fraction of sp³-hybridized carbons (Fsp3) is 0.667. The molecule has 0 radical (unpaired) electrons. The molecule has 1 aliphatic heterocycles. The molecule has 0 saturated carbocycles. The number of imidazole rings is 1. The van der Waals surface area contributed by atoms with Crippen molar-refractivity contribution in [1.29, 1.82) is 0 Å². The summed E-state index contributed by atoms with van der Waals surface area (Å²) in [4.78, 5) is 16.4. The molecule has 6 nitrogen and oxygen atoms in total. The van der Waals surface area contributed by atoms with Crippen molar-refractivity contribution < 1.29 is 14.3 Å². The summed E-state index contributed by atoms with van der Waals surface area (Å²) in [7, 11) is 0. The van der Waals surface area contributed by atoms with E-state index in [2.05, 4.69) is 4.98 Å². The lowest BCUT2D eigenvalue weighted by Crippen LogP contribution is -2.22. The summed E-state index contributed by atoms with van der Waals surface area (Å²) < 4.78 is 11.7. The van der Waals surface area contributed by atoms with E-state index in [1.807, 2.05) is 0 Å². The van der Waals surface area contributed by atoms with Crippen LogP contribution in [0.5, 0.6) is 0 Å². The van der Waals surface area contributed by atoms with Crippen LogP contribution in [-0.4, -0.2) is 35.5 Å². The predicted octanol–water partition coefficient (Wildman–Crippen LogP) is 0.976. The molecule has 2 N–H and O–H groups in total. The topological polar surface area (TPSA) is 79.4 Å². The maximum Gasteiger partial charge on any atom is 0.358 e. The minimum absolute atomic E-state index is 0.224. The van der Waals surface area contributed by atoms with Crippen molar-refractivity contribution in [3.8, 4) is 0 Å². The number of aromatic nitrogens is 2. The second-order valence-electron chi connectivity index (χ2n) is 4.37. The Kier molecular flexibility index (Phi) is 3.86. The zero-order valence-corrected chi connectivity index (χ0v) is 10.8. The van der Waals surface area contributed by atoms with E-state index in [1.165, 1.54) is 4.68 Å². The Labute approximate surface area is 106 Å². The van der Waals surface area contributed by atoms with Crippen LogP contribution in [0.1, 0.15) is 47.7 Å². The Morgan fingerprint density at radius 2 is 2.22 bits per heavy atom. The fourth-order valence-electron chi connectivity index (χ4n) is 2.22. The monoisotopic (exact) mass is 253 g/mol. The Hall–Kier alpha value is -1.56. The van der Waals surface area contributed by atoms with Crippen LogP contribution in [0.4, 0.5) is 0 Å². The number of esters is 1. The lowest BCUT2D eigenvalue weighted by atomic mass is 9.95. The highest BCUT2D eigenvalue weighted by Gasteiger charge is 2.28. The average molecular weight is 253 g/mol. The molecule has 2 heterocycles. The number of hydrogen-bond donors (Lipinski definition) is 1. The molecule has 0 atom stereocenters. The van der Waals surface area contributed by atoms with Gasteiger partial charge in [-0.2, -0.15) is 0 Å². The summed E-state index contributed by atoms with van der Waals surface area (Å²) in [6, 6.07) is 0. The second-order valence-corrected chi connectivity index (χ2v) is 4.37. The zero-order chi connectivity index (χ0) is 13.1. The van der Waals surface area contributed by atoms with Crippen molar-refractivity contribution in [1.82, 2.24) is 9.66 Å². The lowest BCUT2D eigenvalue weighted by Gasteiger charge is -2.21. The number of ether oxygens (including phenoxy) is 2. The number of rotatable bonds is 3. The van der Waals surface area contributed by atoms with Gasteiger partial charge in [0.05, 0.1) is 12.3 Å². The van der Waals surface area contributed by atoms with Gasteiger partial charge in [0.25, 0.3) is 0 Å². The molecular formula is C12H19N3O3. The third kappa shape index (κ3) is 2.33. The first-order valence-electron chi connectivity index (χ1n) is 6.24. The molecule has 0 spiro atoms. The molecule has 1 aromatic heterocycles. The molecule has 1 saturated heterocycles. The average Bonchev–Trinajstić information content (AvgIpc) is 2.67. The zero-order valence-electron chi connectivity index (χ0n) is 10.8. The van der Waals surface area contributed by atoms with Crippen LogP contribution >= 0.6 is 0 Å². The summed E-state index contributed by atoms with van der Waals surface area (Å²) in [5.74, 6) is 6.31. The molecule has 6 heteroatoms. The van der Waals surface area contributed by atoms with E-state index in [1.54, 1.807) is 13.8 Å². The molecule has 0 aliphatic carbocycles. The number of nitrogen functional groups attached to an aromatic ring is 1. The minimum Gasteiger partial charge on any atom is -0.461 e. The number of nitrogens with zero attached hydrogens (tertiary/aromatic N) is 2. The van der Waals surface area contributed by atoms with Crippen LogP contribution in [0.3, 0.4) is 0 Å². The van der Waals surface area contributed by atoms with Crippen LogP contribution in [0.2, 0.25) is 0 Å². The largest absolute Gasteiger partial charge is 0.461 e. The molecule has 1 aliphatic rings. The van der Waals surface area contributed by atoms with E-state index < -0.39 is 5.97 Å². The number of carbonyl (C=O) groups is 1. The number of aryl methyl sites for hydroxylation is 1. The van der Waals surface area contributed by atoms with E-state index in [-0.39, 0.29) is 5.92 Å². The van der Waals surface area contributed by atoms with Crippen molar-refractivity contribution >= 4 is 5.97 Å². The third-order valence-corrected chi connectivity index (χ3v) is 3.19. The summed E-state index contributed by atoms with van der Waals surface area (Å²) in [6.45, 7) is 5.28. The summed E-state index contributed by atoms with van der Waals surface area (Å²) in [5, 5.41) is 0. The summed E-state index contributed by atoms with van der Waals surface area (Å²) in [5.41, 5.74) is 1.12. The van der Waals surface area contributed by atoms with Gasteiger partial charge in [0.2, 0.25) is 0 Å². The van der Waals surface area contributed by atoms with E-state index in [4.69, 9.17) is 15.3 Å². The van der Waals surface area contributed by atoms with Crippen molar-refractivity contribution in [3.63, 3.8) is 0 Å². The van der Waals surface area contributed by atoms with Crippen molar-refractivity contribution in [2.45, 2.75) is 32.6 Å². The Morgan fingerprint density at radius 3 is 2.83 bits per heavy atom. The molecule has 0 aromatic carbocycles. The number of carbonyl (C=O) groups excluding carboxylic acids is 1. The van der Waals surface area contributed by atoms with E-state index >= 15 is 0 Å². The normalized spacial score (nSPS) is 16.8. The van der Waals surface area contributed by atoms with Gasteiger partial charge in [-0.05, 0) is 26.7 Å². The molecular weight excluding hydrogens is 234 g/mol. The van der Waals surface area contributed by atoms with Crippen molar-refractivity contribution in [2.75, 3.05) is 25.7 Å².